The third kappa shape index (κ3) is 3.37. The molecule has 1 saturated carbocycles. The summed E-state index contributed by atoms with van der Waals surface area (Å²) in [6, 6.07) is 4.13. The topological polar surface area (TPSA) is 121 Å². The Hall–Kier alpha value is -3.20. The highest BCUT2D eigenvalue weighted by Crippen LogP contribution is 2.34. The smallest absolute Gasteiger partial charge is 0.257 e. The number of nitrogens with one attached hydrogen (secondary N) is 1. The highest BCUT2D eigenvalue weighted by Gasteiger charge is 2.33. The van der Waals surface area contributed by atoms with Gasteiger partial charge in [-0.15, -0.1) is 5.10 Å². The largest absolute Gasteiger partial charge is 0.472 e. The van der Waals surface area contributed by atoms with E-state index in [1.807, 2.05) is 15.4 Å². The summed E-state index contributed by atoms with van der Waals surface area (Å²) in [4.78, 5) is 9.19. The molecule has 3 fully saturated rings. The molecule has 6 rings (SSSR count). The van der Waals surface area contributed by atoms with E-state index in [0.29, 0.717) is 55.3 Å². The molecule has 11 heteroatoms. The van der Waals surface area contributed by atoms with Crippen molar-refractivity contribution in [1.82, 2.24) is 24.3 Å². The van der Waals surface area contributed by atoms with Gasteiger partial charge in [0.25, 0.3) is 5.88 Å². The zero-order valence-electron chi connectivity index (χ0n) is 17.6. The molecule has 3 aromatic heterocycles. The second-order valence-corrected chi connectivity index (χ2v) is 8.32. The summed E-state index contributed by atoms with van der Waals surface area (Å²) in [6.45, 7) is 2.22. The Labute approximate surface area is 183 Å². The summed E-state index contributed by atoms with van der Waals surface area (Å²) in [5.74, 6) is 0.944. The zero-order valence-corrected chi connectivity index (χ0v) is 17.6. The second kappa shape index (κ2) is 7.74. The van der Waals surface area contributed by atoms with Crippen molar-refractivity contribution in [2.24, 2.45) is 0 Å². The van der Waals surface area contributed by atoms with Crippen LogP contribution >= 0.6 is 0 Å². The van der Waals surface area contributed by atoms with Crippen LogP contribution in [-0.2, 0) is 14.2 Å². The lowest BCUT2D eigenvalue weighted by molar-refractivity contribution is -0.0290. The maximum absolute atomic E-state index is 9.70. The molecule has 5 heterocycles. The minimum Gasteiger partial charge on any atom is -0.472 e. The van der Waals surface area contributed by atoms with Crippen LogP contribution in [0.5, 0.6) is 5.88 Å². The van der Waals surface area contributed by atoms with Gasteiger partial charge in [-0.3, -0.25) is 4.68 Å². The lowest BCUT2D eigenvalue weighted by Gasteiger charge is -2.25. The van der Waals surface area contributed by atoms with Crippen molar-refractivity contribution in [3.8, 4) is 11.9 Å². The van der Waals surface area contributed by atoms with Crippen LogP contribution in [0.3, 0.4) is 0 Å². The first-order chi connectivity index (χ1) is 15.7. The van der Waals surface area contributed by atoms with Gasteiger partial charge in [-0.25, -0.2) is 4.98 Å². The minimum atomic E-state index is -0.148. The van der Waals surface area contributed by atoms with Gasteiger partial charge in [0, 0.05) is 18.7 Å². The van der Waals surface area contributed by atoms with Crippen LogP contribution in [-0.4, -0.2) is 70.1 Å². The SMILES string of the molecule is CO[C@H]1COC[C@H]1n1c(C#N)cc2cnc(Nc3cn(C4COC4)nc3OC3CC3)nc21. The maximum Gasteiger partial charge on any atom is 0.257 e. The monoisotopic (exact) mass is 437 g/mol. The molecule has 1 aliphatic carbocycles. The molecule has 0 unspecified atom stereocenters. The number of fused-ring (bicyclic) bond motifs is 1. The number of rotatable bonds is 7. The van der Waals surface area contributed by atoms with Crippen molar-refractivity contribution in [1.29, 1.82) is 5.26 Å². The minimum absolute atomic E-state index is 0.134. The number of anilines is 2. The van der Waals surface area contributed by atoms with Crippen LogP contribution < -0.4 is 10.1 Å². The fraction of sp³-hybridized carbons (Fsp3) is 0.524. The van der Waals surface area contributed by atoms with Crippen molar-refractivity contribution >= 4 is 22.7 Å². The number of methoxy groups -OCH3 is 1. The summed E-state index contributed by atoms with van der Waals surface area (Å²) in [5.41, 5.74) is 1.86. The molecule has 1 N–H and O–H groups in total. The van der Waals surface area contributed by atoms with E-state index in [2.05, 4.69) is 21.5 Å². The highest BCUT2D eigenvalue weighted by atomic mass is 16.5. The molecule has 2 aliphatic heterocycles. The summed E-state index contributed by atoms with van der Waals surface area (Å²) < 4.78 is 26.2. The molecule has 3 aromatic rings. The Bertz CT molecular complexity index is 1190. The van der Waals surface area contributed by atoms with E-state index in [0.717, 1.165) is 18.2 Å². The Morgan fingerprint density at radius 1 is 1.22 bits per heavy atom. The first kappa shape index (κ1) is 19.5. The molecule has 11 nitrogen and oxygen atoms in total. The van der Waals surface area contributed by atoms with Crippen molar-refractivity contribution in [3.63, 3.8) is 0 Å². The third-order valence-corrected chi connectivity index (χ3v) is 6.07. The van der Waals surface area contributed by atoms with Crippen LogP contribution in [0.4, 0.5) is 11.6 Å². The van der Waals surface area contributed by atoms with Gasteiger partial charge < -0.3 is 28.8 Å². The molecule has 0 aromatic carbocycles. The Morgan fingerprint density at radius 2 is 2.06 bits per heavy atom. The molecular formula is C21H23N7O4. The normalized spacial score (nSPS) is 23.2. The maximum atomic E-state index is 9.70. The van der Waals surface area contributed by atoms with Crippen molar-refractivity contribution in [2.75, 3.05) is 38.9 Å². The second-order valence-electron chi connectivity index (χ2n) is 8.32. The number of aromatic nitrogens is 5. The molecule has 2 saturated heterocycles. The summed E-state index contributed by atoms with van der Waals surface area (Å²) in [6.07, 6.45) is 5.76. The average Bonchev–Trinajstić information content (AvgIpc) is 3.16. The Morgan fingerprint density at radius 3 is 2.78 bits per heavy atom. The molecule has 32 heavy (non-hydrogen) atoms. The number of nitriles is 1. The van der Waals surface area contributed by atoms with Gasteiger partial charge in [0.2, 0.25) is 5.95 Å². The van der Waals surface area contributed by atoms with E-state index < -0.39 is 0 Å². The number of ether oxygens (including phenoxy) is 4. The van der Waals surface area contributed by atoms with Gasteiger partial charge in [0.15, 0.2) is 0 Å². The van der Waals surface area contributed by atoms with Crippen LogP contribution in [0.1, 0.15) is 30.6 Å². The van der Waals surface area contributed by atoms with Crippen LogP contribution in [0.25, 0.3) is 11.0 Å². The fourth-order valence-corrected chi connectivity index (χ4v) is 4.05. The lowest BCUT2D eigenvalue weighted by Crippen LogP contribution is -2.30. The molecule has 166 valence electrons. The highest BCUT2D eigenvalue weighted by molar-refractivity contribution is 5.79. The van der Waals surface area contributed by atoms with Crippen molar-refractivity contribution in [3.05, 3.63) is 24.2 Å². The molecule has 2 atom stereocenters. The Kier molecular flexibility index (Phi) is 4.71. The van der Waals surface area contributed by atoms with Gasteiger partial charge in [0.1, 0.15) is 35.3 Å². The summed E-state index contributed by atoms with van der Waals surface area (Å²) >= 11 is 0. The number of hydrogen-bond acceptors (Lipinski definition) is 9. The van der Waals surface area contributed by atoms with E-state index >= 15 is 0 Å². The van der Waals surface area contributed by atoms with E-state index in [-0.39, 0.29) is 24.3 Å². The van der Waals surface area contributed by atoms with Gasteiger partial charge >= 0.3 is 0 Å². The number of hydrogen-bond donors (Lipinski definition) is 1. The molecule has 0 spiro atoms. The van der Waals surface area contributed by atoms with E-state index in [9.17, 15) is 5.26 Å². The average molecular weight is 437 g/mol. The van der Waals surface area contributed by atoms with Crippen LogP contribution in [0.2, 0.25) is 0 Å². The summed E-state index contributed by atoms with van der Waals surface area (Å²) in [7, 11) is 1.65. The first-order valence-electron chi connectivity index (χ1n) is 10.7. The molecular weight excluding hydrogens is 414 g/mol. The van der Waals surface area contributed by atoms with E-state index in [1.54, 1.807) is 19.4 Å². The van der Waals surface area contributed by atoms with E-state index in [4.69, 9.17) is 23.9 Å². The number of nitrogens with zero attached hydrogens (tertiary/aromatic N) is 6. The van der Waals surface area contributed by atoms with Gasteiger partial charge in [-0.05, 0) is 18.9 Å². The molecule has 0 bridgehead atoms. The first-order valence-corrected chi connectivity index (χ1v) is 10.7. The predicted molar refractivity (Wildman–Crippen MR) is 112 cm³/mol. The predicted octanol–water partition coefficient (Wildman–Crippen LogP) is 1.94. The van der Waals surface area contributed by atoms with Gasteiger partial charge in [-0.1, -0.05) is 0 Å². The van der Waals surface area contributed by atoms with Crippen molar-refractivity contribution in [2.45, 2.75) is 37.1 Å². The Balaban J connectivity index is 1.36. The fourth-order valence-electron chi connectivity index (χ4n) is 4.05. The van der Waals surface area contributed by atoms with Crippen LogP contribution in [0, 0.1) is 11.3 Å². The van der Waals surface area contributed by atoms with Gasteiger partial charge in [-0.2, -0.15) is 10.2 Å². The van der Waals surface area contributed by atoms with E-state index in [1.165, 1.54) is 0 Å². The molecule has 3 aliphatic rings. The molecule has 0 amide bonds. The van der Waals surface area contributed by atoms with Crippen LogP contribution in [0.15, 0.2) is 18.5 Å². The summed E-state index contributed by atoms with van der Waals surface area (Å²) in [5, 5.41) is 18.3. The quantitative estimate of drug-likeness (QED) is 0.591. The van der Waals surface area contributed by atoms with Gasteiger partial charge in [0.05, 0.1) is 44.7 Å². The lowest BCUT2D eigenvalue weighted by atomic mass is 10.2. The molecule has 0 radical (unpaired) electrons. The van der Waals surface area contributed by atoms with Crippen molar-refractivity contribution < 1.29 is 18.9 Å². The standard InChI is InChI=1S/C21H23N7O4/c1-29-18-11-31-10-17(18)28-13(5-22)4-12-6-23-21(25-19(12)28)24-16-7-27(14-8-30-9-14)26-20(16)32-15-2-3-15/h4,6-7,14-15,17-18H,2-3,8-11H2,1H3,(H,23,24,25)/t17-,18+/m1/s1. The third-order valence-electron chi connectivity index (χ3n) is 6.07. The zero-order chi connectivity index (χ0) is 21.7.